The summed E-state index contributed by atoms with van der Waals surface area (Å²) in [5.41, 5.74) is 3.27. The average Bonchev–Trinajstić information content (AvgIpc) is 3.27. The topological polar surface area (TPSA) is 90.3 Å². The summed E-state index contributed by atoms with van der Waals surface area (Å²) in [6, 6.07) is 23.4. The van der Waals surface area contributed by atoms with E-state index >= 15 is 0 Å². The van der Waals surface area contributed by atoms with Gasteiger partial charge in [-0.25, -0.2) is 22.6 Å². The van der Waals surface area contributed by atoms with Crippen LogP contribution in [0.25, 0.3) is 16.8 Å². The molecule has 0 saturated heterocycles. The second kappa shape index (κ2) is 11.1. The van der Waals surface area contributed by atoms with Crippen LogP contribution >= 0.6 is 11.6 Å². The molecule has 4 rings (SSSR count). The lowest BCUT2D eigenvalue weighted by Crippen LogP contribution is -2.40. The second-order valence-electron chi connectivity index (χ2n) is 9.83. The van der Waals surface area contributed by atoms with E-state index in [0.29, 0.717) is 28.4 Å². The maximum atomic E-state index is 13.1. The number of carbonyl (C=O) groups excluding carboxylic acids is 1. The Balaban J connectivity index is 1.64. The van der Waals surface area contributed by atoms with Crippen molar-refractivity contribution < 1.29 is 17.9 Å². The zero-order valence-electron chi connectivity index (χ0n) is 21.7. The average molecular weight is 552 g/mol. The second-order valence-corrected chi connectivity index (χ2v) is 11.9. The first-order valence-corrected chi connectivity index (χ1v) is 14.1. The molecule has 0 atom stereocenters. The summed E-state index contributed by atoms with van der Waals surface area (Å²) in [4.78, 5) is 12.9. The lowest BCUT2D eigenvalue weighted by atomic mass is 10.0. The predicted octanol–water partition coefficient (Wildman–Crippen LogP) is 6.04. The van der Waals surface area contributed by atoms with E-state index in [2.05, 4.69) is 9.82 Å². The van der Waals surface area contributed by atoms with E-state index in [1.54, 1.807) is 43.3 Å². The van der Waals surface area contributed by atoms with E-state index in [1.165, 1.54) is 4.68 Å². The number of sulfonamides is 1. The number of ether oxygens (including phenoxy) is 1. The molecule has 7 nitrogen and oxygen atoms in total. The van der Waals surface area contributed by atoms with E-state index in [4.69, 9.17) is 16.3 Å². The quantitative estimate of drug-likeness (QED) is 0.270. The Morgan fingerprint density at radius 3 is 2.32 bits per heavy atom. The number of nitrogens with one attached hydrogen (secondary N) is 1. The van der Waals surface area contributed by atoms with Crippen LogP contribution in [0.1, 0.15) is 49.4 Å². The molecule has 1 heterocycles. The number of hydrogen-bond donors (Lipinski definition) is 1. The summed E-state index contributed by atoms with van der Waals surface area (Å²) >= 11 is 6.38. The van der Waals surface area contributed by atoms with Crippen molar-refractivity contribution in [2.45, 2.75) is 44.6 Å². The van der Waals surface area contributed by atoms with Gasteiger partial charge in [-0.15, -0.1) is 0 Å². The Morgan fingerprint density at radius 1 is 1.00 bits per heavy atom. The molecule has 1 aromatic heterocycles. The van der Waals surface area contributed by atoms with Crippen LogP contribution in [0.5, 0.6) is 0 Å². The molecule has 0 bridgehead atoms. The minimum atomic E-state index is -3.72. The van der Waals surface area contributed by atoms with Crippen molar-refractivity contribution in [3.63, 3.8) is 0 Å². The Morgan fingerprint density at radius 2 is 1.66 bits per heavy atom. The van der Waals surface area contributed by atoms with E-state index in [-0.39, 0.29) is 17.2 Å². The third-order valence-electron chi connectivity index (χ3n) is 5.59. The van der Waals surface area contributed by atoms with Crippen molar-refractivity contribution in [1.29, 1.82) is 0 Å². The van der Waals surface area contributed by atoms with Crippen molar-refractivity contribution in [3.8, 4) is 16.8 Å². The highest BCUT2D eigenvalue weighted by atomic mass is 35.5. The SMILES string of the molecule is CCOC(=O)c1cc(Cc2ccc(-c3ccccc3S(=O)(=O)NC(C)(C)C)cc2)nn1-c1ccccc1Cl. The van der Waals surface area contributed by atoms with Gasteiger partial charge >= 0.3 is 5.97 Å². The summed E-state index contributed by atoms with van der Waals surface area (Å²) in [7, 11) is -3.72. The van der Waals surface area contributed by atoms with Gasteiger partial charge < -0.3 is 4.74 Å². The molecule has 0 spiro atoms. The fraction of sp³-hybridized carbons (Fsp3) is 0.241. The van der Waals surface area contributed by atoms with Gasteiger partial charge in [0.05, 0.1) is 27.9 Å². The third kappa shape index (κ3) is 6.32. The van der Waals surface area contributed by atoms with Crippen LogP contribution < -0.4 is 4.72 Å². The molecule has 198 valence electrons. The van der Waals surface area contributed by atoms with Crippen LogP contribution in [0.4, 0.5) is 0 Å². The Labute approximate surface area is 228 Å². The Hall–Kier alpha value is -3.46. The van der Waals surface area contributed by atoms with Gasteiger partial charge in [0.1, 0.15) is 0 Å². The molecule has 0 aliphatic carbocycles. The highest BCUT2D eigenvalue weighted by molar-refractivity contribution is 7.89. The number of hydrogen-bond acceptors (Lipinski definition) is 5. The third-order valence-corrected chi connectivity index (χ3v) is 7.73. The van der Waals surface area contributed by atoms with E-state index in [0.717, 1.165) is 11.1 Å². The molecule has 0 aliphatic rings. The number of rotatable bonds is 8. The Kier molecular flexibility index (Phi) is 8.06. The lowest BCUT2D eigenvalue weighted by molar-refractivity contribution is 0.0515. The van der Waals surface area contributed by atoms with Gasteiger partial charge in [-0.3, -0.25) is 0 Å². The fourth-order valence-corrected chi connectivity index (χ4v) is 5.95. The van der Waals surface area contributed by atoms with E-state index in [1.807, 2.05) is 63.2 Å². The van der Waals surface area contributed by atoms with Gasteiger partial charge in [0.15, 0.2) is 5.69 Å². The van der Waals surface area contributed by atoms with Crippen molar-refractivity contribution in [1.82, 2.24) is 14.5 Å². The molecular weight excluding hydrogens is 522 g/mol. The molecular formula is C29H30ClN3O4S. The molecule has 4 aromatic rings. The van der Waals surface area contributed by atoms with Gasteiger partial charge in [0, 0.05) is 17.5 Å². The summed E-state index contributed by atoms with van der Waals surface area (Å²) in [5.74, 6) is -0.483. The summed E-state index contributed by atoms with van der Waals surface area (Å²) in [6.45, 7) is 7.41. The normalized spacial score (nSPS) is 11.9. The predicted molar refractivity (Wildman–Crippen MR) is 149 cm³/mol. The lowest BCUT2D eigenvalue weighted by Gasteiger charge is -2.21. The van der Waals surface area contributed by atoms with Crippen molar-refractivity contribution >= 4 is 27.6 Å². The van der Waals surface area contributed by atoms with Gasteiger partial charge in [0.2, 0.25) is 10.0 Å². The van der Waals surface area contributed by atoms with Crippen molar-refractivity contribution in [3.05, 3.63) is 101 Å². The van der Waals surface area contributed by atoms with Crippen molar-refractivity contribution in [2.75, 3.05) is 6.61 Å². The molecule has 38 heavy (non-hydrogen) atoms. The Bertz CT molecular complexity index is 1560. The zero-order chi connectivity index (χ0) is 27.5. The van der Waals surface area contributed by atoms with E-state index in [9.17, 15) is 13.2 Å². The maximum Gasteiger partial charge on any atom is 0.357 e. The number of benzene rings is 3. The molecule has 1 N–H and O–H groups in total. The summed E-state index contributed by atoms with van der Waals surface area (Å²) < 4.78 is 35.6. The maximum absolute atomic E-state index is 13.1. The monoisotopic (exact) mass is 551 g/mol. The first kappa shape index (κ1) is 27.6. The van der Waals surface area contributed by atoms with Crippen LogP contribution in [-0.4, -0.2) is 36.3 Å². The molecule has 0 unspecified atom stereocenters. The van der Waals surface area contributed by atoms with Gasteiger partial charge in [-0.1, -0.05) is 66.2 Å². The smallest absolute Gasteiger partial charge is 0.357 e. The zero-order valence-corrected chi connectivity index (χ0v) is 23.3. The number of aromatic nitrogens is 2. The molecule has 0 fully saturated rings. The fourth-order valence-electron chi connectivity index (χ4n) is 4.08. The highest BCUT2D eigenvalue weighted by Gasteiger charge is 2.25. The van der Waals surface area contributed by atoms with Crippen molar-refractivity contribution in [2.24, 2.45) is 0 Å². The van der Waals surface area contributed by atoms with Gasteiger partial charge in [0.25, 0.3) is 0 Å². The van der Waals surface area contributed by atoms with Crippen LogP contribution in [-0.2, 0) is 21.2 Å². The number of nitrogens with zero attached hydrogens (tertiary/aromatic N) is 2. The van der Waals surface area contributed by atoms with Crippen LogP contribution in [0.15, 0.2) is 83.8 Å². The number of esters is 1. The van der Waals surface area contributed by atoms with Gasteiger partial charge in [-0.2, -0.15) is 5.10 Å². The largest absolute Gasteiger partial charge is 0.461 e. The molecule has 3 aromatic carbocycles. The van der Waals surface area contributed by atoms with Crippen LogP contribution in [0.2, 0.25) is 5.02 Å². The van der Waals surface area contributed by atoms with Crippen LogP contribution in [0.3, 0.4) is 0 Å². The molecule has 0 saturated carbocycles. The minimum Gasteiger partial charge on any atom is -0.461 e. The molecule has 0 radical (unpaired) electrons. The molecule has 0 aliphatic heterocycles. The molecule has 0 amide bonds. The minimum absolute atomic E-state index is 0.222. The number of para-hydroxylation sites is 1. The first-order chi connectivity index (χ1) is 18.0. The molecule has 9 heteroatoms. The van der Waals surface area contributed by atoms with Gasteiger partial charge in [-0.05, 0) is 63.1 Å². The standard InChI is InChI=1S/C29H30ClN3O4S/c1-5-37-28(34)26-19-22(31-33(26)25-12-8-7-11-24(25)30)18-20-14-16-21(17-15-20)23-10-6-9-13-27(23)38(35,36)32-29(2,3)4/h6-17,19,32H,5,18H2,1-4H3. The van der Waals surface area contributed by atoms with E-state index < -0.39 is 21.5 Å². The summed E-state index contributed by atoms with van der Waals surface area (Å²) in [6.07, 6.45) is 0.454. The summed E-state index contributed by atoms with van der Waals surface area (Å²) in [5, 5.41) is 5.11. The number of carbonyl (C=O) groups is 1. The highest BCUT2D eigenvalue weighted by Crippen LogP contribution is 2.29. The first-order valence-electron chi connectivity index (χ1n) is 12.2. The van der Waals surface area contributed by atoms with Crippen LogP contribution in [0, 0.1) is 0 Å². The number of halogens is 1.